The van der Waals surface area contributed by atoms with Crippen LogP contribution in [-0.2, 0) is 19.2 Å². The Morgan fingerprint density at radius 2 is 1.93 bits per heavy atom. The number of carbonyl (C=O) groups is 4. The van der Waals surface area contributed by atoms with Gasteiger partial charge in [0, 0.05) is 33.6 Å². The molecule has 2 atom stereocenters. The largest absolute Gasteiger partial charge is 0.339 e. The number of nitrogens with zero attached hydrogens (tertiary/aromatic N) is 6. The Morgan fingerprint density at radius 1 is 1.31 bits per heavy atom. The van der Waals surface area contributed by atoms with Crippen LogP contribution in [0, 0.1) is 5.41 Å². The quantitative estimate of drug-likeness (QED) is 0.550. The molecule has 0 spiro atoms. The first-order valence-corrected chi connectivity index (χ1v) is 9.43. The summed E-state index contributed by atoms with van der Waals surface area (Å²) in [5.41, 5.74) is -1.59. The average Bonchev–Trinajstić information content (AvgIpc) is 2.88. The first-order valence-electron chi connectivity index (χ1n) is 9.43. The van der Waals surface area contributed by atoms with Gasteiger partial charge in [-0.3, -0.25) is 19.2 Å². The number of likely N-dealkylation sites (N-methyl/N-ethyl adjacent to an activating group) is 2. The number of hydrazone groups is 1. The molecule has 0 N–H and O–H groups in total. The number of amides is 4. The molecule has 0 aromatic carbocycles. The van der Waals surface area contributed by atoms with Crippen LogP contribution in [0.15, 0.2) is 10.1 Å². The van der Waals surface area contributed by atoms with Gasteiger partial charge >= 0.3 is 0 Å². The smallest absolute Gasteiger partial charge is 0.255 e. The maximum atomic E-state index is 13.6. The molecule has 2 rings (SSSR count). The van der Waals surface area contributed by atoms with E-state index < -0.39 is 22.8 Å². The molecule has 1 saturated heterocycles. The molecule has 0 bridgehead atoms. The molecule has 1 fully saturated rings. The summed E-state index contributed by atoms with van der Waals surface area (Å²) in [4.78, 5) is 58.8. The fraction of sp³-hybridized carbons (Fsp3) is 0.684. The third-order valence-electron chi connectivity index (χ3n) is 5.78. The number of carbonyl (C=O) groups excluding carboxylic acids is 4. The van der Waals surface area contributed by atoms with Gasteiger partial charge < -0.3 is 14.7 Å². The summed E-state index contributed by atoms with van der Waals surface area (Å²) in [6.07, 6.45) is 0.171. The molecule has 2 unspecified atom stereocenters. The lowest BCUT2D eigenvalue weighted by Gasteiger charge is -2.44. The minimum absolute atomic E-state index is 0.0902. The zero-order chi connectivity index (χ0) is 22.1. The van der Waals surface area contributed by atoms with Crippen molar-refractivity contribution in [1.29, 1.82) is 0 Å². The van der Waals surface area contributed by atoms with Crippen molar-refractivity contribution in [3.63, 3.8) is 0 Å². The summed E-state index contributed by atoms with van der Waals surface area (Å²) in [6, 6.07) is 0. The van der Waals surface area contributed by atoms with Crippen LogP contribution in [0.2, 0.25) is 0 Å². The number of hydrogen-bond acceptors (Lipinski definition) is 6. The van der Waals surface area contributed by atoms with Crippen LogP contribution in [0.4, 0.5) is 0 Å². The van der Waals surface area contributed by atoms with E-state index in [4.69, 9.17) is 0 Å². The Morgan fingerprint density at radius 3 is 2.48 bits per heavy atom. The Hall–Kier alpha value is -2.62. The van der Waals surface area contributed by atoms with Crippen molar-refractivity contribution in [2.24, 2.45) is 15.5 Å². The second-order valence-electron chi connectivity index (χ2n) is 8.38. The van der Waals surface area contributed by atoms with Crippen LogP contribution >= 0.6 is 0 Å². The molecular formula is C19H30N6O4. The fourth-order valence-corrected chi connectivity index (χ4v) is 3.86. The van der Waals surface area contributed by atoms with Crippen molar-refractivity contribution in [3.05, 3.63) is 0 Å². The minimum atomic E-state index is -1.44. The van der Waals surface area contributed by atoms with Gasteiger partial charge in [-0.05, 0) is 34.7 Å². The van der Waals surface area contributed by atoms with Crippen LogP contribution in [-0.4, -0.2) is 109 Å². The molecule has 2 aliphatic heterocycles. The summed E-state index contributed by atoms with van der Waals surface area (Å²) in [5.74, 6) is -1.45. The van der Waals surface area contributed by atoms with E-state index in [2.05, 4.69) is 16.8 Å². The second kappa shape index (κ2) is 8.02. The normalized spacial score (nSPS) is 23.4. The van der Waals surface area contributed by atoms with E-state index >= 15 is 0 Å². The maximum Gasteiger partial charge on any atom is 0.255 e. The highest BCUT2D eigenvalue weighted by atomic mass is 16.2. The molecule has 0 aromatic rings. The first-order chi connectivity index (χ1) is 13.4. The molecular weight excluding hydrogens is 376 g/mol. The van der Waals surface area contributed by atoms with Gasteiger partial charge in [0.25, 0.3) is 5.91 Å². The van der Waals surface area contributed by atoms with Gasteiger partial charge in [0.1, 0.15) is 11.0 Å². The van der Waals surface area contributed by atoms with Crippen molar-refractivity contribution in [1.82, 2.24) is 19.7 Å². The van der Waals surface area contributed by atoms with Gasteiger partial charge in [0.15, 0.2) is 0 Å². The topological polar surface area (TPSA) is 106 Å². The summed E-state index contributed by atoms with van der Waals surface area (Å²) >= 11 is 0. The predicted molar refractivity (Wildman–Crippen MR) is 108 cm³/mol. The molecule has 4 amide bonds. The van der Waals surface area contributed by atoms with E-state index in [1.807, 2.05) is 0 Å². The summed E-state index contributed by atoms with van der Waals surface area (Å²) in [5, 5.41) is 5.60. The van der Waals surface area contributed by atoms with E-state index in [1.165, 1.54) is 17.0 Å². The van der Waals surface area contributed by atoms with Crippen molar-refractivity contribution >= 4 is 36.1 Å². The van der Waals surface area contributed by atoms with Crippen LogP contribution < -0.4 is 0 Å². The fourth-order valence-electron chi connectivity index (χ4n) is 3.86. The monoisotopic (exact) mass is 406 g/mol. The number of hydrogen-bond donors (Lipinski definition) is 0. The van der Waals surface area contributed by atoms with Crippen molar-refractivity contribution in [3.8, 4) is 0 Å². The molecule has 29 heavy (non-hydrogen) atoms. The lowest BCUT2D eigenvalue weighted by atomic mass is 9.79. The lowest BCUT2D eigenvalue weighted by Crippen LogP contribution is -2.63. The third-order valence-corrected chi connectivity index (χ3v) is 5.78. The summed E-state index contributed by atoms with van der Waals surface area (Å²) in [7, 11) is 6.59. The molecule has 2 heterocycles. The van der Waals surface area contributed by atoms with E-state index in [9.17, 15) is 19.2 Å². The standard InChI is InChI=1S/C19H30N6O4/c1-18-12-25(9-8-13(18)21-24(7)16(18)28)17(29)19(2,10-14(26)20-3)23(6)15(27)11-22(4)5/h3,8-12H2,1-2,4-7H3. The van der Waals surface area contributed by atoms with Crippen molar-refractivity contribution < 1.29 is 19.2 Å². The molecule has 0 aliphatic carbocycles. The zero-order valence-corrected chi connectivity index (χ0v) is 18.1. The van der Waals surface area contributed by atoms with Gasteiger partial charge in [-0.1, -0.05) is 0 Å². The van der Waals surface area contributed by atoms with Crippen LogP contribution in [0.25, 0.3) is 0 Å². The van der Waals surface area contributed by atoms with Crippen LogP contribution in [0.1, 0.15) is 26.7 Å². The molecule has 10 heteroatoms. The number of fused-ring (bicyclic) bond motifs is 1. The average molecular weight is 406 g/mol. The summed E-state index contributed by atoms with van der Waals surface area (Å²) in [6.45, 7) is 7.16. The summed E-state index contributed by atoms with van der Waals surface area (Å²) < 4.78 is 0. The van der Waals surface area contributed by atoms with E-state index in [0.717, 1.165) is 5.71 Å². The van der Waals surface area contributed by atoms with E-state index in [0.29, 0.717) is 13.0 Å². The number of piperidine rings is 1. The molecule has 160 valence electrons. The van der Waals surface area contributed by atoms with Gasteiger partial charge in [-0.15, -0.1) is 0 Å². The molecule has 2 aliphatic rings. The molecule has 0 aromatic heterocycles. The number of likely N-dealkylation sites (tertiary alicyclic amines) is 1. The SMILES string of the molecule is C=NC(=O)CC(C)(C(=O)N1CCC2=NN(C)C(=O)C2(C)C1)N(C)C(=O)CN(C)C. The third kappa shape index (κ3) is 4.07. The highest BCUT2D eigenvalue weighted by Gasteiger charge is 2.53. The van der Waals surface area contributed by atoms with E-state index in [1.54, 1.807) is 44.8 Å². The predicted octanol–water partition coefficient (Wildman–Crippen LogP) is -0.551. The number of aliphatic imine (C=N–C) groups is 1. The molecule has 0 saturated carbocycles. The van der Waals surface area contributed by atoms with Gasteiger partial charge in [0.2, 0.25) is 17.7 Å². The van der Waals surface area contributed by atoms with Crippen LogP contribution in [0.5, 0.6) is 0 Å². The molecule has 10 nitrogen and oxygen atoms in total. The Kier molecular flexibility index (Phi) is 6.27. The first kappa shape index (κ1) is 22.7. The maximum absolute atomic E-state index is 13.6. The van der Waals surface area contributed by atoms with Gasteiger partial charge in [-0.25, -0.2) is 10.0 Å². The minimum Gasteiger partial charge on any atom is -0.339 e. The van der Waals surface area contributed by atoms with Crippen molar-refractivity contribution in [2.45, 2.75) is 32.2 Å². The zero-order valence-electron chi connectivity index (χ0n) is 18.1. The molecule has 0 radical (unpaired) electrons. The highest BCUT2D eigenvalue weighted by molar-refractivity contribution is 6.13. The number of rotatable bonds is 6. The Balaban J connectivity index is 2.33. The second-order valence-corrected chi connectivity index (χ2v) is 8.38. The van der Waals surface area contributed by atoms with Gasteiger partial charge in [-0.2, -0.15) is 5.10 Å². The lowest BCUT2D eigenvalue weighted by molar-refractivity contribution is -0.155. The van der Waals surface area contributed by atoms with E-state index in [-0.39, 0.29) is 31.3 Å². The van der Waals surface area contributed by atoms with Crippen LogP contribution in [0.3, 0.4) is 0 Å². The van der Waals surface area contributed by atoms with Crippen molar-refractivity contribution in [2.75, 3.05) is 47.8 Å². The van der Waals surface area contributed by atoms with Gasteiger partial charge in [0.05, 0.1) is 18.7 Å². The Bertz CT molecular complexity index is 779. The Labute approximate surface area is 171 Å². The highest BCUT2D eigenvalue weighted by Crippen LogP contribution is 2.36.